The van der Waals surface area contributed by atoms with Crippen molar-refractivity contribution in [1.82, 2.24) is 19.9 Å². The summed E-state index contributed by atoms with van der Waals surface area (Å²) in [6.07, 6.45) is 3.54. The molecule has 0 radical (unpaired) electrons. The molecular weight excluding hydrogens is 236 g/mol. The highest BCUT2D eigenvalue weighted by atomic mass is 32.2. The van der Waals surface area contributed by atoms with Crippen LogP contribution in [-0.4, -0.2) is 19.9 Å². The summed E-state index contributed by atoms with van der Waals surface area (Å²) in [5.74, 6) is 6.54. The Bertz CT molecular complexity index is 513. The number of aromatic nitrogens is 4. The average molecular weight is 248 g/mol. The fourth-order valence-corrected chi connectivity index (χ4v) is 1.94. The van der Waals surface area contributed by atoms with E-state index >= 15 is 0 Å². The van der Waals surface area contributed by atoms with E-state index in [-0.39, 0.29) is 0 Å². The van der Waals surface area contributed by atoms with Gasteiger partial charge in [0.25, 0.3) is 0 Å². The molecule has 3 N–H and O–H groups in total. The number of nitrogen functional groups attached to an aromatic ring is 1. The molecule has 6 nitrogen and oxygen atoms in total. The second-order valence-corrected chi connectivity index (χ2v) is 4.42. The van der Waals surface area contributed by atoms with Gasteiger partial charge in [0.15, 0.2) is 5.16 Å². The third kappa shape index (κ3) is 3.11. The van der Waals surface area contributed by atoms with Crippen LogP contribution in [0.1, 0.15) is 11.4 Å². The summed E-state index contributed by atoms with van der Waals surface area (Å²) in [6, 6.07) is 1.75. The van der Waals surface area contributed by atoms with Crippen LogP contribution in [-0.2, 0) is 0 Å². The molecule has 88 valence electrons. The number of rotatable bonds is 3. The van der Waals surface area contributed by atoms with Crippen molar-refractivity contribution in [3.8, 4) is 0 Å². The van der Waals surface area contributed by atoms with E-state index in [1.807, 2.05) is 6.92 Å². The largest absolute Gasteiger partial charge is 0.308 e. The van der Waals surface area contributed by atoms with Crippen molar-refractivity contribution in [3.05, 3.63) is 29.8 Å². The molecule has 0 amide bonds. The Balaban J connectivity index is 2.23. The molecule has 0 saturated carbocycles. The van der Waals surface area contributed by atoms with E-state index in [0.29, 0.717) is 16.8 Å². The van der Waals surface area contributed by atoms with E-state index in [1.165, 1.54) is 11.8 Å². The summed E-state index contributed by atoms with van der Waals surface area (Å²) >= 11 is 1.37. The van der Waals surface area contributed by atoms with Gasteiger partial charge in [-0.15, -0.1) is 0 Å². The van der Waals surface area contributed by atoms with Crippen LogP contribution in [0, 0.1) is 13.8 Å². The van der Waals surface area contributed by atoms with E-state index in [0.717, 1.165) is 10.6 Å². The van der Waals surface area contributed by atoms with Gasteiger partial charge in [-0.25, -0.2) is 25.8 Å². The molecular formula is C10H12N6S. The number of aryl methyl sites for hydroxylation is 2. The van der Waals surface area contributed by atoms with Crippen molar-refractivity contribution < 1.29 is 0 Å². The highest BCUT2D eigenvalue weighted by molar-refractivity contribution is 7.99. The van der Waals surface area contributed by atoms with Gasteiger partial charge >= 0.3 is 0 Å². The topological polar surface area (TPSA) is 89.6 Å². The lowest BCUT2D eigenvalue weighted by atomic mass is 10.4. The van der Waals surface area contributed by atoms with E-state index < -0.39 is 0 Å². The van der Waals surface area contributed by atoms with Crippen LogP contribution < -0.4 is 11.3 Å². The molecule has 2 heterocycles. The summed E-state index contributed by atoms with van der Waals surface area (Å²) in [6.45, 7) is 3.75. The highest BCUT2D eigenvalue weighted by Gasteiger charge is 2.05. The SMILES string of the molecule is Cc1cnc(Sc2cc(NN)nc(C)n2)nc1. The van der Waals surface area contributed by atoms with E-state index in [4.69, 9.17) is 5.84 Å². The van der Waals surface area contributed by atoms with Crippen LogP contribution >= 0.6 is 11.8 Å². The first-order valence-electron chi connectivity index (χ1n) is 4.96. The molecule has 0 saturated heterocycles. The predicted octanol–water partition coefficient (Wildman–Crippen LogP) is 1.32. The number of nitrogens with one attached hydrogen (secondary N) is 1. The summed E-state index contributed by atoms with van der Waals surface area (Å²) in [5.41, 5.74) is 3.52. The molecule has 0 aromatic carbocycles. The first-order chi connectivity index (χ1) is 8.17. The third-order valence-corrected chi connectivity index (χ3v) is 2.73. The van der Waals surface area contributed by atoms with Crippen LogP contribution in [0.25, 0.3) is 0 Å². The molecule has 0 aliphatic rings. The van der Waals surface area contributed by atoms with Crippen LogP contribution in [0.3, 0.4) is 0 Å². The number of hydrazine groups is 1. The number of nitrogens with zero attached hydrogens (tertiary/aromatic N) is 4. The maximum Gasteiger partial charge on any atom is 0.193 e. The zero-order valence-corrected chi connectivity index (χ0v) is 10.3. The Hall–Kier alpha value is -1.73. The Morgan fingerprint density at radius 1 is 1.18 bits per heavy atom. The van der Waals surface area contributed by atoms with Crippen molar-refractivity contribution in [2.75, 3.05) is 5.43 Å². The second-order valence-electron chi connectivity index (χ2n) is 3.43. The maximum atomic E-state index is 5.32. The smallest absolute Gasteiger partial charge is 0.193 e. The minimum atomic E-state index is 0.576. The van der Waals surface area contributed by atoms with Crippen LogP contribution in [0.4, 0.5) is 5.82 Å². The van der Waals surface area contributed by atoms with Gasteiger partial charge in [-0.2, -0.15) is 0 Å². The number of hydrogen-bond acceptors (Lipinski definition) is 7. The van der Waals surface area contributed by atoms with Gasteiger partial charge in [0.05, 0.1) is 0 Å². The van der Waals surface area contributed by atoms with Gasteiger partial charge in [-0.3, -0.25) is 0 Å². The van der Waals surface area contributed by atoms with Crippen molar-refractivity contribution in [1.29, 1.82) is 0 Å². The van der Waals surface area contributed by atoms with Crippen LogP contribution in [0.5, 0.6) is 0 Å². The molecule has 0 atom stereocenters. The van der Waals surface area contributed by atoms with Gasteiger partial charge in [0.2, 0.25) is 0 Å². The zero-order chi connectivity index (χ0) is 12.3. The highest BCUT2D eigenvalue weighted by Crippen LogP contribution is 2.23. The molecule has 17 heavy (non-hydrogen) atoms. The molecule has 0 unspecified atom stereocenters. The normalized spacial score (nSPS) is 10.3. The summed E-state index contributed by atoms with van der Waals surface area (Å²) < 4.78 is 0. The van der Waals surface area contributed by atoms with Gasteiger partial charge in [-0.05, 0) is 31.2 Å². The monoisotopic (exact) mass is 248 g/mol. The zero-order valence-electron chi connectivity index (χ0n) is 9.51. The van der Waals surface area contributed by atoms with Gasteiger partial charge in [0, 0.05) is 18.5 Å². The van der Waals surface area contributed by atoms with Crippen molar-refractivity contribution in [2.24, 2.45) is 5.84 Å². The van der Waals surface area contributed by atoms with E-state index in [2.05, 4.69) is 25.4 Å². The van der Waals surface area contributed by atoms with Gasteiger partial charge < -0.3 is 5.43 Å². The lowest BCUT2D eigenvalue weighted by Crippen LogP contribution is -2.09. The summed E-state index contributed by atoms with van der Waals surface area (Å²) in [7, 11) is 0. The molecule has 0 aliphatic carbocycles. The molecule has 0 bridgehead atoms. The minimum Gasteiger partial charge on any atom is -0.308 e. The molecule has 0 spiro atoms. The van der Waals surface area contributed by atoms with Crippen LogP contribution in [0.2, 0.25) is 0 Å². The van der Waals surface area contributed by atoms with E-state index in [9.17, 15) is 0 Å². The maximum absolute atomic E-state index is 5.32. The first kappa shape index (κ1) is 11.7. The van der Waals surface area contributed by atoms with Gasteiger partial charge in [0.1, 0.15) is 16.7 Å². The Morgan fingerprint density at radius 3 is 2.53 bits per heavy atom. The number of hydrogen-bond donors (Lipinski definition) is 2. The lowest BCUT2D eigenvalue weighted by Gasteiger charge is -2.04. The molecule has 7 heteroatoms. The Kier molecular flexibility index (Phi) is 3.50. The molecule has 2 aromatic rings. The first-order valence-corrected chi connectivity index (χ1v) is 5.78. The summed E-state index contributed by atoms with van der Waals surface area (Å²) in [5, 5.41) is 1.41. The summed E-state index contributed by atoms with van der Waals surface area (Å²) in [4.78, 5) is 16.8. The fourth-order valence-electron chi connectivity index (χ4n) is 1.19. The predicted molar refractivity (Wildman–Crippen MR) is 65.5 cm³/mol. The minimum absolute atomic E-state index is 0.576. The molecule has 0 fully saturated rings. The number of anilines is 1. The second kappa shape index (κ2) is 5.07. The molecule has 0 aliphatic heterocycles. The third-order valence-electron chi connectivity index (χ3n) is 1.92. The Labute approximate surface area is 103 Å². The standard InChI is InChI=1S/C10H12N6S/c1-6-4-12-10(13-5-6)17-9-3-8(16-11)14-7(2)15-9/h3-5H,11H2,1-2H3,(H,14,15,16). The molecule has 2 rings (SSSR count). The van der Waals surface area contributed by atoms with Crippen molar-refractivity contribution in [3.63, 3.8) is 0 Å². The molecule has 2 aromatic heterocycles. The number of nitrogens with two attached hydrogens (primary N) is 1. The lowest BCUT2D eigenvalue weighted by molar-refractivity contribution is 0.928. The van der Waals surface area contributed by atoms with Gasteiger partial charge in [-0.1, -0.05) is 0 Å². The Morgan fingerprint density at radius 2 is 1.88 bits per heavy atom. The van der Waals surface area contributed by atoms with Crippen LogP contribution in [0.15, 0.2) is 28.6 Å². The quantitative estimate of drug-likeness (QED) is 0.366. The van der Waals surface area contributed by atoms with Crippen molar-refractivity contribution in [2.45, 2.75) is 24.0 Å². The van der Waals surface area contributed by atoms with Crippen molar-refractivity contribution >= 4 is 17.6 Å². The average Bonchev–Trinajstić information content (AvgIpc) is 2.31. The van der Waals surface area contributed by atoms with E-state index in [1.54, 1.807) is 25.4 Å². The fraction of sp³-hybridized carbons (Fsp3) is 0.200.